The molecule has 2 heterocycles. The Bertz CT molecular complexity index is 774. The summed E-state index contributed by atoms with van der Waals surface area (Å²) in [6.45, 7) is 3.71. The fourth-order valence-corrected chi connectivity index (χ4v) is 3.97. The Kier molecular flexibility index (Phi) is 5.02. The van der Waals surface area contributed by atoms with E-state index in [4.69, 9.17) is 9.47 Å². The van der Waals surface area contributed by atoms with Crippen LogP contribution in [-0.4, -0.2) is 31.2 Å². The van der Waals surface area contributed by atoms with E-state index in [1.54, 1.807) is 0 Å². The molecular weight excluding hydrogens is 336 g/mol. The lowest BCUT2D eigenvalue weighted by Gasteiger charge is -2.31. The zero-order valence-corrected chi connectivity index (χ0v) is 14.7. The van der Waals surface area contributed by atoms with Crippen LogP contribution in [0.2, 0.25) is 0 Å². The molecule has 2 aliphatic rings. The summed E-state index contributed by atoms with van der Waals surface area (Å²) in [7, 11) is 0. The predicted octanol–water partition coefficient (Wildman–Crippen LogP) is 4.00. The quantitative estimate of drug-likeness (QED) is 0.805. The zero-order valence-electron chi connectivity index (χ0n) is 14.7. The highest BCUT2D eigenvalue weighted by molar-refractivity contribution is 5.29. The van der Waals surface area contributed by atoms with Gasteiger partial charge in [-0.05, 0) is 42.6 Å². The summed E-state index contributed by atoms with van der Waals surface area (Å²) in [4.78, 5) is 2.41. The van der Waals surface area contributed by atoms with E-state index < -0.39 is 17.4 Å². The first-order valence-electron chi connectivity index (χ1n) is 9.19. The monoisotopic (exact) mass is 359 g/mol. The van der Waals surface area contributed by atoms with Gasteiger partial charge in [-0.2, -0.15) is 0 Å². The maximum absolute atomic E-state index is 14.3. The number of rotatable bonds is 5. The molecule has 1 saturated heterocycles. The van der Waals surface area contributed by atoms with Crippen LogP contribution in [0.25, 0.3) is 0 Å². The van der Waals surface area contributed by atoms with Crippen molar-refractivity contribution >= 4 is 0 Å². The van der Waals surface area contributed by atoms with Gasteiger partial charge in [0, 0.05) is 31.1 Å². The average molecular weight is 359 g/mol. The summed E-state index contributed by atoms with van der Waals surface area (Å²) in [5, 5.41) is 0. The molecule has 1 fully saturated rings. The molecule has 0 aromatic heterocycles. The van der Waals surface area contributed by atoms with Crippen molar-refractivity contribution in [2.75, 3.05) is 26.3 Å². The van der Waals surface area contributed by atoms with Crippen molar-refractivity contribution in [3.8, 4) is 0 Å². The number of fused-ring (bicyclic) bond motifs is 1. The average Bonchev–Trinajstić information content (AvgIpc) is 3.11. The van der Waals surface area contributed by atoms with Gasteiger partial charge in [0.15, 0.2) is 5.79 Å². The van der Waals surface area contributed by atoms with E-state index in [1.807, 2.05) is 0 Å². The van der Waals surface area contributed by atoms with Crippen molar-refractivity contribution < 1.29 is 18.3 Å². The number of ether oxygens (including phenoxy) is 2. The Hall–Kier alpha value is -1.82. The smallest absolute Gasteiger partial charge is 0.197 e. The topological polar surface area (TPSA) is 21.7 Å². The maximum atomic E-state index is 14.3. The Labute approximate surface area is 152 Å². The Morgan fingerprint density at radius 2 is 1.77 bits per heavy atom. The standard InChI is InChI=1S/C21H23F2NO2/c22-18-6-7-19(20(23)14-18)21(25-12-13-26-21)9-3-10-24-11-8-16-4-1-2-5-17(16)15-24/h1-2,4-7,14H,3,8-13,15H2. The van der Waals surface area contributed by atoms with Crippen LogP contribution in [0.5, 0.6) is 0 Å². The van der Waals surface area contributed by atoms with E-state index in [0.29, 0.717) is 25.2 Å². The fraction of sp³-hybridized carbons (Fsp3) is 0.429. The van der Waals surface area contributed by atoms with Gasteiger partial charge in [-0.3, -0.25) is 4.90 Å². The highest BCUT2D eigenvalue weighted by Crippen LogP contribution is 2.37. The largest absolute Gasteiger partial charge is 0.343 e. The molecule has 0 unspecified atom stereocenters. The molecule has 0 spiro atoms. The predicted molar refractivity (Wildman–Crippen MR) is 94.6 cm³/mol. The Morgan fingerprint density at radius 3 is 2.54 bits per heavy atom. The van der Waals surface area contributed by atoms with E-state index in [2.05, 4.69) is 29.2 Å². The lowest BCUT2D eigenvalue weighted by molar-refractivity contribution is -0.174. The van der Waals surface area contributed by atoms with Gasteiger partial charge in [0.2, 0.25) is 0 Å². The molecule has 0 bridgehead atoms. The summed E-state index contributed by atoms with van der Waals surface area (Å²) in [6.07, 6.45) is 2.42. The summed E-state index contributed by atoms with van der Waals surface area (Å²) >= 11 is 0. The Morgan fingerprint density at radius 1 is 1.00 bits per heavy atom. The summed E-state index contributed by atoms with van der Waals surface area (Å²) in [5.74, 6) is -2.30. The van der Waals surface area contributed by atoms with Gasteiger partial charge in [0.05, 0.1) is 13.2 Å². The van der Waals surface area contributed by atoms with Gasteiger partial charge >= 0.3 is 0 Å². The highest BCUT2D eigenvalue weighted by Gasteiger charge is 2.40. The minimum atomic E-state index is -1.09. The number of nitrogens with zero attached hydrogens (tertiary/aromatic N) is 1. The van der Waals surface area contributed by atoms with Crippen molar-refractivity contribution in [2.24, 2.45) is 0 Å². The van der Waals surface area contributed by atoms with Crippen molar-refractivity contribution in [1.29, 1.82) is 0 Å². The van der Waals surface area contributed by atoms with Crippen LogP contribution in [0.4, 0.5) is 8.78 Å². The minimum absolute atomic E-state index is 0.292. The van der Waals surface area contributed by atoms with Crippen molar-refractivity contribution in [3.63, 3.8) is 0 Å². The molecule has 0 radical (unpaired) electrons. The molecule has 26 heavy (non-hydrogen) atoms. The molecule has 138 valence electrons. The van der Waals surface area contributed by atoms with Crippen molar-refractivity contribution in [3.05, 3.63) is 70.8 Å². The number of halogens is 2. The lowest BCUT2D eigenvalue weighted by atomic mass is 9.97. The van der Waals surface area contributed by atoms with E-state index >= 15 is 0 Å². The molecule has 4 rings (SSSR count). The van der Waals surface area contributed by atoms with E-state index in [1.165, 1.54) is 23.3 Å². The van der Waals surface area contributed by atoms with Gasteiger partial charge in [0.1, 0.15) is 11.6 Å². The van der Waals surface area contributed by atoms with Gasteiger partial charge in [0.25, 0.3) is 0 Å². The summed E-state index contributed by atoms with van der Waals surface area (Å²) in [5.41, 5.74) is 3.10. The van der Waals surface area contributed by atoms with Crippen LogP contribution in [0.3, 0.4) is 0 Å². The second-order valence-electron chi connectivity index (χ2n) is 6.97. The van der Waals surface area contributed by atoms with Crippen LogP contribution >= 0.6 is 0 Å². The minimum Gasteiger partial charge on any atom is -0.343 e. The van der Waals surface area contributed by atoms with E-state index in [-0.39, 0.29) is 0 Å². The van der Waals surface area contributed by atoms with Gasteiger partial charge in [-0.1, -0.05) is 24.3 Å². The zero-order chi connectivity index (χ0) is 18.0. The van der Waals surface area contributed by atoms with Crippen LogP contribution < -0.4 is 0 Å². The number of hydrogen-bond donors (Lipinski definition) is 0. The molecule has 0 atom stereocenters. The molecule has 3 nitrogen and oxygen atoms in total. The van der Waals surface area contributed by atoms with Gasteiger partial charge in [-0.15, -0.1) is 0 Å². The van der Waals surface area contributed by atoms with E-state index in [9.17, 15) is 8.78 Å². The second kappa shape index (κ2) is 7.43. The van der Waals surface area contributed by atoms with Crippen molar-refractivity contribution in [1.82, 2.24) is 4.90 Å². The van der Waals surface area contributed by atoms with Crippen LogP contribution in [0.1, 0.15) is 29.5 Å². The first-order chi connectivity index (χ1) is 12.7. The summed E-state index contributed by atoms with van der Waals surface area (Å²) in [6, 6.07) is 12.1. The SMILES string of the molecule is Fc1ccc(C2(CCCN3CCc4ccccc4C3)OCCO2)c(F)c1. The summed E-state index contributed by atoms with van der Waals surface area (Å²) < 4.78 is 39.1. The third-order valence-electron chi connectivity index (χ3n) is 5.29. The molecular formula is C21H23F2NO2. The number of hydrogen-bond acceptors (Lipinski definition) is 3. The van der Waals surface area contributed by atoms with Gasteiger partial charge in [-0.25, -0.2) is 8.78 Å². The molecule has 2 aliphatic heterocycles. The van der Waals surface area contributed by atoms with Gasteiger partial charge < -0.3 is 9.47 Å². The first kappa shape index (κ1) is 17.6. The molecule has 2 aromatic carbocycles. The van der Waals surface area contributed by atoms with Crippen LogP contribution in [0, 0.1) is 11.6 Å². The molecule has 2 aromatic rings. The second-order valence-corrected chi connectivity index (χ2v) is 6.97. The maximum Gasteiger partial charge on any atom is 0.197 e. The first-order valence-corrected chi connectivity index (χ1v) is 9.19. The highest BCUT2D eigenvalue weighted by atomic mass is 19.1. The molecule has 0 N–H and O–H groups in total. The molecule has 0 aliphatic carbocycles. The Balaban J connectivity index is 1.41. The fourth-order valence-electron chi connectivity index (χ4n) is 3.97. The normalized spacial score (nSPS) is 19.5. The molecule has 5 heteroatoms. The van der Waals surface area contributed by atoms with E-state index in [0.717, 1.165) is 38.5 Å². The van der Waals surface area contributed by atoms with Crippen LogP contribution in [0.15, 0.2) is 42.5 Å². The van der Waals surface area contributed by atoms with Crippen molar-refractivity contribution in [2.45, 2.75) is 31.6 Å². The molecule has 0 saturated carbocycles. The third kappa shape index (κ3) is 3.52. The molecule has 0 amide bonds. The third-order valence-corrected chi connectivity index (χ3v) is 5.29. The number of benzene rings is 2. The van der Waals surface area contributed by atoms with Crippen LogP contribution in [-0.2, 0) is 28.2 Å². The lowest BCUT2D eigenvalue weighted by Crippen LogP contribution is -2.34.